The van der Waals surface area contributed by atoms with E-state index in [0.29, 0.717) is 10.7 Å². The Balaban J connectivity index is 1.84. The zero-order chi connectivity index (χ0) is 18.4. The monoisotopic (exact) mass is 390 g/mol. The molecule has 0 unspecified atom stereocenters. The fourth-order valence-electron chi connectivity index (χ4n) is 2.86. The number of carbonyl (C=O) groups is 1. The molecule has 1 amide bonds. The number of alkyl halides is 3. The molecule has 0 saturated heterocycles. The maximum absolute atomic E-state index is 12.6. The summed E-state index contributed by atoms with van der Waals surface area (Å²) in [4.78, 5) is 19.6. The minimum absolute atomic E-state index is 0.136. The van der Waals surface area contributed by atoms with Crippen molar-refractivity contribution in [2.24, 2.45) is 0 Å². The van der Waals surface area contributed by atoms with Gasteiger partial charge in [-0.3, -0.25) is 9.53 Å². The molecule has 0 atom stereocenters. The maximum atomic E-state index is 12.6. The average Bonchev–Trinajstić information content (AvgIpc) is 3.01. The number of hydrogen-bond donors (Lipinski definition) is 0. The minimum Gasteiger partial charge on any atom is -0.326 e. The standard InChI is InChI=1S/C16H14ClF3N2O2S/c1-15(2)13-10(14(23)22(15)5-6-24-16(18,19)20)8-11(25-13)9-3-4-21-12(17)7-9/h3-4,7-8H,5-6H2,1-2H3. The number of rotatable bonds is 4. The van der Waals surface area contributed by atoms with Gasteiger partial charge in [-0.25, -0.2) is 4.98 Å². The lowest BCUT2D eigenvalue weighted by Gasteiger charge is -2.32. The van der Waals surface area contributed by atoms with E-state index in [1.807, 2.05) is 13.8 Å². The first-order valence-corrected chi connectivity index (χ1v) is 8.58. The van der Waals surface area contributed by atoms with Gasteiger partial charge in [-0.15, -0.1) is 24.5 Å². The lowest BCUT2D eigenvalue weighted by Crippen LogP contribution is -2.41. The summed E-state index contributed by atoms with van der Waals surface area (Å²) < 4.78 is 40.3. The Morgan fingerprint density at radius 1 is 1.36 bits per heavy atom. The number of thiophene rings is 1. The van der Waals surface area contributed by atoms with Crippen LogP contribution in [0.1, 0.15) is 29.1 Å². The molecule has 134 valence electrons. The van der Waals surface area contributed by atoms with Gasteiger partial charge >= 0.3 is 6.36 Å². The van der Waals surface area contributed by atoms with E-state index in [1.54, 1.807) is 24.4 Å². The van der Waals surface area contributed by atoms with Crippen molar-refractivity contribution in [3.63, 3.8) is 0 Å². The van der Waals surface area contributed by atoms with Crippen molar-refractivity contribution < 1.29 is 22.7 Å². The zero-order valence-corrected chi connectivity index (χ0v) is 14.9. The van der Waals surface area contributed by atoms with Gasteiger partial charge < -0.3 is 4.90 Å². The van der Waals surface area contributed by atoms with Gasteiger partial charge in [0.1, 0.15) is 5.15 Å². The molecule has 1 aliphatic heterocycles. The summed E-state index contributed by atoms with van der Waals surface area (Å²) >= 11 is 7.33. The quantitative estimate of drug-likeness (QED) is 0.711. The third-order valence-electron chi connectivity index (χ3n) is 4.03. The molecule has 1 aliphatic rings. The number of carbonyl (C=O) groups excluding carboxylic acids is 1. The van der Waals surface area contributed by atoms with Gasteiger partial charge in [0, 0.05) is 22.5 Å². The van der Waals surface area contributed by atoms with Crippen LogP contribution >= 0.6 is 22.9 Å². The van der Waals surface area contributed by atoms with Crippen LogP contribution in [0.3, 0.4) is 0 Å². The van der Waals surface area contributed by atoms with Gasteiger partial charge in [0.25, 0.3) is 5.91 Å². The number of pyridine rings is 1. The fraction of sp³-hybridized carbons (Fsp3) is 0.375. The molecule has 3 rings (SSSR count). The predicted molar refractivity (Wildman–Crippen MR) is 88.6 cm³/mol. The Morgan fingerprint density at radius 3 is 2.68 bits per heavy atom. The van der Waals surface area contributed by atoms with Crippen LogP contribution in [0.15, 0.2) is 24.4 Å². The fourth-order valence-corrected chi connectivity index (χ4v) is 4.29. The van der Waals surface area contributed by atoms with Crippen LogP contribution in [-0.4, -0.2) is 35.3 Å². The maximum Gasteiger partial charge on any atom is 0.522 e. The molecule has 0 N–H and O–H groups in total. The largest absolute Gasteiger partial charge is 0.522 e. The molecule has 25 heavy (non-hydrogen) atoms. The van der Waals surface area contributed by atoms with E-state index in [1.165, 1.54) is 16.2 Å². The van der Waals surface area contributed by atoms with Crippen molar-refractivity contribution in [1.29, 1.82) is 0 Å². The van der Waals surface area contributed by atoms with Crippen LogP contribution in [0.25, 0.3) is 10.4 Å². The molecule has 4 nitrogen and oxygen atoms in total. The molecule has 0 aliphatic carbocycles. The van der Waals surface area contributed by atoms with E-state index in [9.17, 15) is 18.0 Å². The van der Waals surface area contributed by atoms with Crippen molar-refractivity contribution in [1.82, 2.24) is 9.88 Å². The number of fused-ring (bicyclic) bond motifs is 1. The predicted octanol–water partition coefficient (Wildman–Crippen LogP) is 4.69. The Kier molecular flexibility index (Phi) is 4.55. The van der Waals surface area contributed by atoms with E-state index < -0.39 is 18.5 Å². The number of nitrogens with zero attached hydrogens (tertiary/aromatic N) is 2. The van der Waals surface area contributed by atoms with E-state index in [-0.39, 0.29) is 12.5 Å². The van der Waals surface area contributed by atoms with Crippen LogP contribution in [-0.2, 0) is 10.3 Å². The van der Waals surface area contributed by atoms with Gasteiger partial charge in [-0.2, -0.15) is 0 Å². The molecule has 2 aromatic heterocycles. The first-order valence-electron chi connectivity index (χ1n) is 7.38. The summed E-state index contributed by atoms with van der Waals surface area (Å²) in [6, 6.07) is 5.24. The molecule has 0 radical (unpaired) electrons. The second kappa shape index (κ2) is 6.26. The van der Waals surface area contributed by atoms with Crippen LogP contribution < -0.4 is 0 Å². The number of ether oxygens (including phenoxy) is 1. The Bertz CT molecular complexity index is 820. The summed E-state index contributed by atoms with van der Waals surface area (Å²) in [5, 5.41) is 0.350. The summed E-state index contributed by atoms with van der Waals surface area (Å²) in [6.45, 7) is 2.89. The van der Waals surface area contributed by atoms with Crippen molar-refractivity contribution in [2.45, 2.75) is 25.7 Å². The molecular weight excluding hydrogens is 377 g/mol. The SMILES string of the molecule is CC1(C)c2sc(-c3ccnc(Cl)c3)cc2C(=O)N1CCOC(F)(F)F. The zero-order valence-electron chi connectivity index (χ0n) is 13.4. The van der Waals surface area contributed by atoms with Crippen LogP contribution in [0.5, 0.6) is 0 Å². The molecule has 0 bridgehead atoms. The topological polar surface area (TPSA) is 42.4 Å². The Labute approximate surface area is 151 Å². The summed E-state index contributed by atoms with van der Waals surface area (Å²) in [6.07, 6.45) is -3.12. The second-order valence-electron chi connectivity index (χ2n) is 6.03. The highest BCUT2D eigenvalue weighted by atomic mass is 35.5. The number of amides is 1. The van der Waals surface area contributed by atoms with Crippen molar-refractivity contribution in [3.05, 3.63) is 40.0 Å². The smallest absolute Gasteiger partial charge is 0.326 e. The summed E-state index contributed by atoms with van der Waals surface area (Å²) in [5.41, 5.74) is 0.640. The first kappa shape index (κ1) is 18.2. The van der Waals surface area contributed by atoms with Crippen molar-refractivity contribution in [2.75, 3.05) is 13.2 Å². The second-order valence-corrected chi connectivity index (χ2v) is 7.47. The van der Waals surface area contributed by atoms with Gasteiger partial charge in [0.2, 0.25) is 0 Å². The summed E-state index contributed by atoms with van der Waals surface area (Å²) in [5.74, 6) is -0.298. The third kappa shape index (κ3) is 3.51. The highest BCUT2D eigenvalue weighted by Crippen LogP contribution is 2.46. The molecule has 0 fully saturated rings. The van der Waals surface area contributed by atoms with Gasteiger partial charge in [-0.1, -0.05) is 11.6 Å². The molecule has 2 aromatic rings. The Hall–Kier alpha value is -1.64. The normalized spacial score (nSPS) is 16.4. The van der Waals surface area contributed by atoms with Crippen LogP contribution in [0.4, 0.5) is 13.2 Å². The molecule has 9 heteroatoms. The lowest BCUT2D eigenvalue weighted by molar-refractivity contribution is -0.325. The summed E-state index contributed by atoms with van der Waals surface area (Å²) in [7, 11) is 0. The molecule has 0 spiro atoms. The van der Waals surface area contributed by atoms with E-state index in [0.717, 1.165) is 15.3 Å². The van der Waals surface area contributed by atoms with E-state index in [2.05, 4.69) is 9.72 Å². The highest BCUT2D eigenvalue weighted by molar-refractivity contribution is 7.16. The Morgan fingerprint density at radius 2 is 2.08 bits per heavy atom. The van der Waals surface area contributed by atoms with Crippen LogP contribution in [0, 0.1) is 0 Å². The number of hydrogen-bond acceptors (Lipinski definition) is 4. The minimum atomic E-state index is -4.70. The first-order chi connectivity index (χ1) is 11.6. The third-order valence-corrected chi connectivity index (χ3v) is 5.73. The van der Waals surface area contributed by atoms with Gasteiger partial charge in [0.15, 0.2) is 0 Å². The van der Waals surface area contributed by atoms with Crippen LogP contribution in [0.2, 0.25) is 5.15 Å². The van der Waals surface area contributed by atoms with E-state index >= 15 is 0 Å². The molecular formula is C16H14ClF3N2O2S. The average molecular weight is 391 g/mol. The molecule has 3 heterocycles. The number of halogens is 4. The number of aromatic nitrogens is 1. The van der Waals surface area contributed by atoms with Gasteiger partial charge in [-0.05, 0) is 37.6 Å². The van der Waals surface area contributed by atoms with Gasteiger partial charge in [0.05, 0.1) is 17.7 Å². The lowest BCUT2D eigenvalue weighted by atomic mass is 10.0. The highest BCUT2D eigenvalue weighted by Gasteiger charge is 2.45. The molecule has 0 saturated carbocycles. The van der Waals surface area contributed by atoms with Crippen molar-refractivity contribution in [3.8, 4) is 10.4 Å². The molecule has 0 aromatic carbocycles. The van der Waals surface area contributed by atoms with Crippen molar-refractivity contribution >= 4 is 28.8 Å². The van der Waals surface area contributed by atoms with E-state index in [4.69, 9.17) is 11.6 Å².